The molecule has 0 saturated carbocycles. The third-order valence-electron chi connectivity index (χ3n) is 3.81. The molecular weight excluding hydrogens is 353 g/mol. The van der Waals surface area contributed by atoms with E-state index in [2.05, 4.69) is 0 Å². The highest BCUT2D eigenvalue weighted by Crippen LogP contribution is 2.18. The first kappa shape index (κ1) is 20.5. The predicted molar refractivity (Wildman–Crippen MR) is 96.5 cm³/mol. The molecule has 0 spiro atoms. The number of rotatable bonds is 6. The zero-order valence-electron chi connectivity index (χ0n) is 15.3. The number of likely N-dealkylation sites (N-methyl/N-ethyl adjacent to an activating group) is 1. The van der Waals surface area contributed by atoms with Crippen molar-refractivity contribution in [3.63, 3.8) is 0 Å². The van der Waals surface area contributed by atoms with Gasteiger partial charge < -0.3 is 19.2 Å². The van der Waals surface area contributed by atoms with Gasteiger partial charge in [0.25, 0.3) is 0 Å². The van der Waals surface area contributed by atoms with E-state index in [4.69, 9.17) is 14.0 Å². The van der Waals surface area contributed by atoms with Gasteiger partial charge in [0, 0.05) is 6.42 Å². The molecule has 1 aromatic rings. The maximum absolute atomic E-state index is 12.3. The summed E-state index contributed by atoms with van der Waals surface area (Å²) < 4.78 is 15.1. The van der Waals surface area contributed by atoms with Crippen molar-refractivity contribution >= 4 is 25.0 Å². The van der Waals surface area contributed by atoms with Gasteiger partial charge >= 0.3 is 25.0 Å². The van der Waals surface area contributed by atoms with Crippen LogP contribution in [0.3, 0.4) is 0 Å². The number of carbonyl (C=O) groups excluding carboxylic acids is 3. The van der Waals surface area contributed by atoms with Gasteiger partial charge in [0.1, 0.15) is 11.2 Å². The summed E-state index contributed by atoms with van der Waals surface area (Å²) in [6, 6.07) is 9.34. The number of benzene rings is 1. The second-order valence-corrected chi connectivity index (χ2v) is 6.05. The molecule has 1 aliphatic rings. The average Bonchev–Trinajstić information content (AvgIpc) is 2.59. The minimum Gasteiger partial charge on any atom is -0.512 e. The summed E-state index contributed by atoms with van der Waals surface area (Å²) in [7, 11) is -0.0871. The standard InChI is InChI=1S/C18H22BNO7/c1-3-25-18(24)17(14(21)10-9-13-7-5-4-6-8-13)19-26-15(22)11-20(2)12-16(23)27-19/h4-8,21H,3,9-12H2,1-2H3/b17-14+. The first-order valence-corrected chi connectivity index (χ1v) is 8.61. The fraction of sp³-hybridized carbons (Fsp3) is 0.389. The van der Waals surface area contributed by atoms with E-state index in [1.54, 1.807) is 14.0 Å². The molecule has 9 heteroatoms. The van der Waals surface area contributed by atoms with Crippen LogP contribution in [0.25, 0.3) is 0 Å². The van der Waals surface area contributed by atoms with E-state index < -0.39 is 25.0 Å². The van der Waals surface area contributed by atoms with Crippen LogP contribution in [-0.2, 0) is 34.9 Å². The van der Waals surface area contributed by atoms with Gasteiger partial charge in [-0.1, -0.05) is 30.3 Å². The number of allylic oxidation sites excluding steroid dienone is 1. The van der Waals surface area contributed by atoms with E-state index in [0.717, 1.165) is 5.56 Å². The van der Waals surface area contributed by atoms with Crippen molar-refractivity contribution in [3.8, 4) is 0 Å². The second kappa shape index (κ2) is 9.77. The van der Waals surface area contributed by atoms with Crippen LogP contribution in [0, 0.1) is 0 Å². The number of aliphatic hydroxyl groups excluding tert-OH is 1. The lowest BCUT2D eigenvalue weighted by molar-refractivity contribution is -0.145. The number of nitrogens with zero attached hydrogens (tertiary/aromatic N) is 1. The minimum absolute atomic E-state index is 0.0473. The highest BCUT2D eigenvalue weighted by atomic mass is 16.6. The van der Waals surface area contributed by atoms with Crippen LogP contribution in [-0.4, -0.2) is 61.8 Å². The maximum atomic E-state index is 12.3. The van der Waals surface area contributed by atoms with E-state index in [9.17, 15) is 19.5 Å². The topological polar surface area (TPSA) is 102 Å². The summed E-state index contributed by atoms with van der Waals surface area (Å²) in [5, 5.41) is 10.5. The van der Waals surface area contributed by atoms with Crippen LogP contribution in [0.5, 0.6) is 0 Å². The molecule has 27 heavy (non-hydrogen) atoms. The fourth-order valence-corrected chi connectivity index (χ4v) is 2.55. The summed E-state index contributed by atoms with van der Waals surface area (Å²) in [6.07, 6.45) is 0.524. The molecule has 1 saturated heterocycles. The highest BCUT2D eigenvalue weighted by Gasteiger charge is 2.42. The molecule has 0 amide bonds. The Balaban J connectivity index is 2.26. The lowest BCUT2D eigenvalue weighted by Crippen LogP contribution is -2.45. The number of ether oxygens (including phenoxy) is 1. The van der Waals surface area contributed by atoms with Crippen LogP contribution in [0.2, 0.25) is 0 Å². The number of aliphatic hydroxyl groups is 1. The third-order valence-corrected chi connectivity index (χ3v) is 3.81. The van der Waals surface area contributed by atoms with E-state index in [-0.39, 0.29) is 37.3 Å². The van der Waals surface area contributed by atoms with Crippen molar-refractivity contribution in [1.29, 1.82) is 0 Å². The summed E-state index contributed by atoms with van der Waals surface area (Å²) in [5.74, 6) is -2.63. The van der Waals surface area contributed by atoms with Crippen LogP contribution >= 0.6 is 0 Å². The molecule has 1 aliphatic heterocycles. The summed E-state index contributed by atoms with van der Waals surface area (Å²) >= 11 is 0. The largest absolute Gasteiger partial charge is 0.647 e. The molecule has 0 aliphatic carbocycles. The molecule has 144 valence electrons. The predicted octanol–water partition coefficient (Wildman–Crippen LogP) is 1.05. The number of hydrogen-bond donors (Lipinski definition) is 1. The van der Waals surface area contributed by atoms with Gasteiger partial charge in [0.15, 0.2) is 0 Å². The number of aryl methyl sites for hydroxylation is 1. The molecule has 1 heterocycles. The Morgan fingerprint density at radius 2 is 1.78 bits per heavy atom. The molecule has 1 N–H and O–H groups in total. The molecular formula is C18H22BNO7. The Kier molecular flexibility index (Phi) is 7.42. The van der Waals surface area contributed by atoms with Crippen molar-refractivity contribution in [2.45, 2.75) is 19.8 Å². The quantitative estimate of drug-likeness (QED) is 0.341. The summed E-state index contributed by atoms with van der Waals surface area (Å²) in [6.45, 7) is 1.35. The molecule has 0 radical (unpaired) electrons. The first-order valence-electron chi connectivity index (χ1n) is 8.61. The van der Waals surface area contributed by atoms with E-state index in [0.29, 0.717) is 6.42 Å². The lowest BCUT2D eigenvalue weighted by Gasteiger charge is -2.23. The molecule has 1 aromatic carbocycles. The van der Waals surface area contributed by atoms with E-state index in [1.165, 1.54) is 4.90 Å². The van der Waals surface area contributed by atoms with Gasteiger partial charge in [0.05, 0.1) is 19.7 Å². The molecule has 0 bridgehead atoms. The smallest absolute Gasteiger partial charge is 0.512 e. The Morgan fingerprint density at radius 1 is 1.19 bits per heavy atom. The second-order valence-electron chi connectivity index (χ2n) is 6.05. The molecule has 2 rings (SSSR count). The van der Waals surface area contributed by atoms with Gasteiger partial charge in [-0.3, -0.25) is 14.5 Å². The molecule has 1 fully saturated rings. The Hall–Kier alpha value is -2.81. The van der Waals surface area contributed by atoms with Crippen molar-refractivity contribution in [1.82, 2.24) is 4.90 Å². The van der Waals surface area contributed by atoms with Crippen LogP contribution in [0.15, 0.2) is 41.6 Å². The summed E-state index contributed by atoms with van der Waals surface area (Å²) in [5.41, 5.74) is 0.569. The molecule has 8 nitrogen and oxygen atoms in total. The Labute approximate surface area is 157 Å². The van der Waals surface area contributed by atoms with Gasteiger partial charge in [-0.05, 0) is 26.0 Å². The number of carbonyl (C=O) groups is 3. The van der Waals surface area contributed by atoms with Crippen LogP contribution in [0.4, 0.5) is 0 Å². The van der Waals surface area contributed by atoms with E-state index >= 15 is 0 Å². The first-order chi connectivity index (χ1) is 12.9. The molecule has 0 atom stereocenters. The van der Waals surface area contributed by atoms with Crippen LogP contribution < -0.4 is 0 Å². The SMILES string of the molecule is CCOC(=O)/C(B1OC(=O)CN(C)CC(=O)O1)=C(\O)CCc1ccccc1. The van der Waals surface area contributed by atoms with E-state index in [1.807, 2.05) is 30.3 Å². The molecule has 0 unspecified atom stereocenters. The van der Waals surface area contributed by atoms with Crippen LogP contribution in [0.1, 0.15) is 18.9 Å². The van der Waals surface area contributed by atoms with Gasteiger partial charge in [0.2, 0.25) is 0 Å². The third kappa shape index (κ3) is 6.14. The Morgan fingerprint density at radius 3 is 2.33 bits per heavy atom. The monoisotopic (exact) mass is 375 g/mol. The molecule has 0 aromatic heterocycles. The normalized spacial score (nSPS) is 16.6. The van der Waals surface area contributed by atoms with Crippen molar-refractivity contribution < 1.29 is 33.5 Å². The van der Waals surface area contributed by atoms with Crippen molar-refractivity contribution in [2.24, 2.45) is 0 Å². The number of esters is 1. The van der Waals surface area contributed by atoms with Gasteiger partial charge in [-0.25, -0.2) is 4.79 Å². The van der Waals surface area contributed by atoms with Gasteiger partial charge in [-0.15, -0.1) is 0 Å². The highest BCUT2D eigenvalue weighted by molar-refractivity contribution is 6.63. The fourth-order valence-electron chi connectivity index (χ4n) is 2.55. The minimum atomic E-state index is -1.64. The zero-order chi connectivity index (χ0) is 19.8. The van der Waals surface area contributed by atoms with Crippen molar-refractivity contribution in [3.05, 3.63) is 47.1 Å². The maximum Gasteiger partial charge on any atom is 0.647 e. The Bertz CT molecular complexity index is 700. The average molecular weight is 375 g/mol. The van der Waals surface area contributed by atoms with Gasteiger partial charge in [-0.2, -0.15) is 0 Å². The lowest BCUT2D eigenvalue weighted by atomic mass is 9.75. The zero-order valence-corrected chi connectivity index (χ0v) is 15.3. The number of hydrogen-bond acceptors (Lipinski definition) is 8. The van der Waals surface area contributed by atoms with Crippen molar-refractivity contribution in [2.75, 3.05) is 26.7 Å². The summed E-state index contributed by atoms with van der Waals surface area (Å²) in [4.78, 5) is 37.6.